The first-order valence-corrected chi connectivity index (χ1v) is 8.72. The Bertz CT molecular complexity index is 637. The SMILES string of the molecule is CCOC(=O)c1ccc(N2CCCN(CC(=O)NCC(F)(F)F)CC2)nc1. The molecule has 10 heteroatoms. The number of carbonyl (C=O) groups is 2. The number of pyridine rings is 1. The Labute approximate surface area is 155 Å². The minimum Gasteiger partial charge on any atom is -0.462 e. The molecule has 1 aromatic heterocycles. The van der Waals surface area contributed by atoms with Crippen molar-refractivity contribution in [2.75, 3.05) is 50.8 Å². The number of ether oxygens (including phenoxy) is 1. The molecule has 1 fully saturated rings. The second-order valence-electron chi connectivity index (χ2n) is 6.13. The van der Waals surface area contributed by atoms with Crippen molar-refractivity contribution in [3.05, 3.63) is 23.9 Å². The van der Waals surface area contributed by atoms with Crippen LogP contribution in [-0.4, -0.2) is 73.8 Å². The molecular formula is C17H23F3N4O3. The van der Waals surface area contributed by atoms with Gasteiger partial charge in [-0.25, -0.2) is 9.78 Å². The summed E-state index contributed by atoms with van der Waals surface area (Å²) in [5.74, 6) is -0.368. The number of esters is 1. The maximum Gasteiger partial charge on any atom is 0.405 e. The van der Waals surface area contributed by atoms with Crippen molar-refractivity contribution in [3.63, 3.8) is 0 Å². The van der Waals surface area contributed by atoms with Gasteiger partial charge >= 0.3 is 12.1 Å². The number of rotatable bonds is 6. The van der Waals surface area contributed by atoms with Gasteiger partial charge < -0.3 is 15.0 Å². The maximum atomic E-state index is 12.1. The third kappa shape index (κ3) is 7.05. The van der Waals surface area contributed by atoms with Gasteiger partial charge in [0.25, 0.3) is 0 Å². The monoisotopic (exact) mass is 388 g/mol. The number of anilines is 1. The Hall–Kier alpha value is -2.36. The van der Waals surface area contributed by atoms with Crippen LogP contribution in [0.1, 0.15) is 23.7 Å². The Balaban J connectivity index is 1.85. The van der Waals surface area contributed by atoms with E-state index in [1.54, 1.807) is 19.1 Å². The van der Waals surface area contributed by atoms with Crippen LogP contribution in [0.25, 0.3) is 0 Å². The van der Waals surface area contributed by atoms with E-state index in [9.17, 15) is 22.8 Å². The fraction of sp³-hybridized carbons (Fsp3) is 0.588. The number of nitrogens with one attached hydrogen (secondary N) is 1. The van der Waals surface area contributed by atoms with E-state index < -0.39 is 24.6 Å². The number of hydrogen-bond donors (Lipinski definition) is 1. The summed E-state index contributed by atoms with van der Waals surface area (Å²) in [5.41, 5.74) is 0.374. The molecule has 0 aromatic carbocycles. The molecule has 0 aliphatic carbocycles. The van der Waals surface area contributed by atoms with E-state index in [0.29, 0.717) is 44.2 Å². The minimum absolute atomic E-state index is 0.0703. The lowest BCUT2D eigenvalue weighted by Gasteiger charge is -2.22. The van der Waals surface area contributed by atoms with Crippen LogP contribution in [-0.2, 0) is 9.53 Å². The molecule has 27 heavy (non-hydrogen) atoms. The molecule has 1 N–H and O–H groups in total. The Kier molecular flexibility index (Phi) is 7.40. The standard InChI is InChI=1S/C17H23F3N4O3/c1-2-27-16(26)13-4-5-14(21-10-13)24-7-3-6-23(8-9-24)11-15(25)22-12-17(18,19)20/h4-5,10H,2-3,6-9,11-12H2,1H3,(H,22,25). The predicted molar refractivity (Wildman–Crippen MR) is 92.5 cm³/mol. The highest BCUT2D eigenvalue weighted by molar-refractivity contribution is 5.89. The zero-order chi connectivity index (χ0) is 19.9. The molecule has 1 aliphatic heterocycles. The van der Waals surface area contributed by atoms with Gasteiger partial charge in [-0.15, -0.1) is 0 Å². The summed E-state index contributed by atoms with van der Waals surface area (Å²) in [6.07, 6.45) is -2.21. The van der Waals surface area contributed by atoms with Crippen LogP contribution >= 0.6 is 0 Å². The lowest BCUT2D eigenvalue weighted by Crippen LogP contribution is -2.42. The molecular weight excluding hydrogens is 365 g/mol. The summed E-state index contributed by atoms with van der Waals surface area (Å²) in [6, 6.07) is 3.38. The maximum absolute atomic E-state index is 12.1. The highest BCUT2D eigenvalue weighted by atomic mass is 19.4. The van der Waals surface area contributed by atoms with Crippen molar-refractivity contribution < 1.29 is 27.5 Å². The molecule has 1 saturated heterocycles. The zero-order valence-corrected chi connectivity index (χ0v) is 15.1. The van der Waals surface area contributed by atoms with Crippen molar-refractivity contribution >= 4 is 17.7 Å². The number of hydrogen-bond acceptors (Lipinski definition) is 6. The summed E-state index contributed by atoms with van der Waals surface area (Å²) < 4.78 is 41.4. The largest absolute Gasteiger partial charge is 0.462 e. The molecule has 0 unspecified atom stereocenters. The van der Waals surface area contributed by atoms with Gasteiger partial charge in [0.2, 0.25) is 5.91 Å². The number of halogens is 3. The summed E-state index contributed by atoms with van der Waals surface area (Å²) >= 11 is 0. The van der Waals surface area contributed by atoms with Crippen molar-refractivity contribution in [1.82, 2.24) is 15.2 Å². The molecule has 0 spiro atoms. The molecule has 0 radical (unpaired) electrons. The fourth-order valence-corrected chi connectivity index (χ4v) is 2.72. The average Bonchev–Trinajstić information content (AvgIpc) is 2.85. The number of carbonyl (C=O) groups excluding carboxylic acids is 2. The van der Waals surface area contributed by atoms with Gasteiger partial charge in [0.1, 0.15) is 12.4 Å². The third-order valence-corrected chi connectivity index (χ3v) is 4.02. The van der Waals surface area contributed by atoms with Crippen LogP contribution in [0.3, 0.4) is 0 Å². The van der Waals surface area contributed by atoms with E-state index in [4.69, 9.17) is 4.74 Å². The topological polar surface area (TPSA) is 74.8 Å². The molecule has 1 aliphatic rings. The van der Waals surface area contributed by atoms with Crippen LogP contribution in [0.15, 0.2) is 18.3 Å². The van der Waals surface area contributed by atoms with E-state index >= 15 is 0 Å². The van der Waals surface area contributed by atoms with Gasteiger partial charge in [-0.2, -0.15) is 13.2 Å². The van der Waals surface area contributed by atoms with E-state index in [1.807, 2.05) is 15.1 Å². The molecule has 0 bridgehead atoms. The van der Waals surface area contributed by atoms with E-state index in [2.05, 4.69) is 4.98 Å². The summed E-state index contributed by atoms with van der Waals surface area (Å²) in [6.45, 7) is 3.05. The van der Waals surface area contributed by atoms with Crippen molar-refractivity contribution in [2.24, 2.45) is 0 Å². The number of nitrogens with zero attached hydrogens (tertiary/aromatic N) is 3. The Morgan fingerprint density at radius 3 is 2.63 bits per heavy atom. The zero-order valence-electron chi connectivity index (χ0n) is 15.1. The van der Waals surface area contributed by atoms with Gasteiger partial charge in [-0.3, -0.25) is 9.69 Å². The fourth-order valence-electron chi connectivity index (χ4n) is 2.72. The van der Waals surface area contributed by atoms with Crippen molar-refractivity contribution in [3.8, 4) is 0 Å². The second kappa shape index (κ2) is 9.54. The number of alkyl halides is 3. The molecule has 0 saturated carbocycles. The summed E-state index contributed by atoms with van der Waals surface area (Å²) in [7, 11) is 0. The van der Waals surface area contributed by atoms with Crippen LogP contribution in [0.5, 0.6) is 0 Å². The third-order valence-electron chi connectivity index (χ3n) is 4.02. The number of aromatic nitrogens is 1. The normalized spacial score (nSPS) is 15.9. The summed E-state index contributed by atoms with van der Waals surface area (Å²) in [4.78, 5) is 31.4. The van der Waals surface area contributed by atoms with Crippen molar-refractivity contribution in [2.45, 2.75) is 19.5 Å². The van der Waals surface area contributed by atoms with E-state index in [-0.39, 0.29) is 6.54 Å². The van der Waals surface area contributed by atoms with Crippen LogP contribution < -0.4 is 10.2 Å². The highest BCUT2D eigenvalue weighted by Gasteiger charge is 2.28. The molecule has 7 nitrogen and oxygen atoms in total. The van der Waals surface area contributed by atoms with Gasteiger partial charge in [-0.1, -0.05) is 0 Å². The van der Waals surface area contributed by atoms with Gasteiger partial charge in [0.15, 0.2) is 0 Å². The van der Waals surface area contributed by atoms with Crippen LogP contribution in [0.4, 0.5) is 19.0 Å². The lowest BCUT2D eigenvalue weighted by atomic mass is 10.2. The average molecular weight is 388 g/mol. The first kappa shape index (κ1) is 20.9. The first-order valence-electron chi connectivity index (χ1n) is 8.72. The second-order valence-corrected chi connectivity index (χ2v) is 6.13. The molecule has 1 aromatic rings. The smallest absolute Gasteiger partial charge is 0.405 e. The quantitative estimate of drug-likeness (QED) is 0.744. The molecule has 2 rings (SSSR count). The minimum atomic E-state index is -4.41. The molecule has 150 valence electrons. The molecule has 0 atom stereocenters. The van der Waals surface area contributed by atoms with Gasteiger partial charge in [0.05, 0.1) is 18.7 Å². The molecule has 1 amide bonds. The van der Waals surface area contributed by atoms with Crippen molar-refractivity contribution in [1.29, 1.82) is 0 Å². The summed E-state index contributed by atoms with van der Waals surface area (Å²) in [5, 5.41) is 1.88. The highest BCUT2D eigenvalue weighted by Crippen LogP contribution is 2.15. The molecule has 2 heterocycles. The van der Waals surface area contributed by atoms with Gasteiger partial charge in [0, 0.05) is 32.4 Å². The van der Waals surface area contributed by atoms with Crippen LogP contribution in [0, 0.1) is 0 Å². The predicted octanol–water partition coefficient (Wildman–Crippen LogP) is 1.45. The van der Waals surface area contributed by atoms with Gasteiger partial charge in [-0.05, 0) is 25.5 Å². The Morgan fingerprint density at radius 2 is 2.00 bits per heavy atom. The number of amides is 1. The Morgan fingerprint density at radius 1 is 1.22 bits per heavy atom. The van der Waals surface area contributed by atoms with Crippen LogP contribution in [0.2, 0.25) is 0 Å². The first-order chi connectivity index (χ1) is 12.8. The van der Waals surface area contributed by atoms with E-state index in [0.717, 1.165) is 6.42 Å². The lowest BCUT2D eigenvalue weighted by molar-refractivity contribution is -0.139. The van der Waals surface area contributed by atoms with E-state index in [1.165, 1.54) is 6.20 Å².